The van der Waals surface area contributed by atoms with Crippen molar-refractivity contribution in [1.29, 1.82) is 0 Å². The summed E-state index contributed by atoms with van der Waals surface area (Å²) in [6.07, 6.45) is 0.996. The van der Waals surface area contributed by atoms with Crippen LogP contribution in [0.25, 0.3) is 0 Å². The molecule has 2 aromatic carbocycles. The molecule has 1 atom stereocenters. The van der Waals surface area contributed by atoms with E-state index < -0.39 is 21.8 Å². The Morgan fingerprint density at radius 2 is 1.76 bits per heavy atom. The standard InChI is InChI=1S/C18H21NO4S2/c1-24-15-9-7-14(8-10-15)17(20)13-19-18(21)11-12-25(22,23)16-5-3-2-4-6-16/h2-10,17,20H,11-13H2,1H3,(H,19,21). The molecule has 0 saturated carbocycles. The molecule has 0 saturated heterocycles. The Bertz CT molecular complexity index is 790. The minimum Gasteiger partial charge on any atom is -0.387 e. The van der Waals surface area contributed by atoms with Gasteiger partial charge in [-0.3, -0.25) is 4.79 Å². The lowest BCUT2D eigenvalue weighted by Gasteiger charge is -2.13. The van der Waals surface area contributed by atoms with Gasteiger partial charge in [0.25, 0.3) is 0 Å². The Balaban J connectivity index is 1.82. The first-order valence-electron chi connectivity index (χ1n) is 7.79. The molecule has 2 N–H and O–H groups in total. The van der Waals surface area contributed by atoms with Crippen LogP contribution in [0.2, 0.25) is 0 Å². The van der Waals surface area contributed by atoms with Gasteiger partial charge in [0.2, 0.25) is 5.91 Å². The predicted octanol–water partition coefficient (Wildman–Crippen LogP) is 2.42. The first-order chi connectivity index (χ1) is 11.9. The minimum absolute atomic E-state index is 0.0445. The number of benzene rings is 2. The fourth-order valence-corrected chi connectivity index (χ4v) is 3.89. The zero-order chi connectivity index (χ0) is 18.3. The Labute approximate surface area is 152 Å². The number of amides is 1. The van der Waals surface area contributed by atoms with Crippen LogP contribution < -0.4 is 5.32 Å². The van der Waals surface area contributed by atoms with Crippen LogP contribution in [-0.4, -0.2) is 38.0 Å². The molecule has 0 aromatic heterocycles. The third-order valence-electron chi connectivity index (χ3n) is 3.69. The maximum absolute atomic E-state index is 12.1. The number of aliphatic hydroxyl groups is 1. The average Bonchev–Trinajstić information content (AvgIpc) is 2.65. The molecule has 1 unspecified atom stereocenters. The number of carbonyl (C=O) groups is 1. The molecule has 0 radical (unpaired) electrons. The van der Waals surface area contributed by atoms with Gasteiger partial charge in [0.05, 0.1) is 16.8 Å². The van der Waals surface area contributed by atoms with Crippen molar-refractivity contribution in [3.8, 4) is 0 Å². The van der Waals surface area contributed by atoms with Gasteiger partial charge in [-0.05, 0) is 36.1 Å². The van der Waals surface area contributed by atoms with Gasteiger partial charge in [0.15, 0.2) is 9.84 Å². The van der Waals surface area contributed by atoms with Gasteiger partial charge in [0, 0.05) is 17.9 Å². The van der Waals surface area contributed by atoms with Gasteiger partial charge in [-0.25, -0.2) is 8.42 Å². The Morgan fingerprint density at radius 3 is 2.36 bits per heavy atom. The summed E-state index contributed by atoms with van der Waals surface area (Å²) in [5.41, 5.74) is 0.704. The number of nitrogens with one attached hydrogen (secondary N) is 1. The number of aliphatic hydroxyl groups excluding tert-OH is 1. The highest BCUT2D eigenvalue weighted by Crippen LogP contribution is 2.18. The number of carbonyl (C=O) groups excluding carboxylic acids is 1. The van der Waals surface area contributed by atoms with Gasteiger partial charge < -0.3 is 10.4 Å². The monoisotopic (exact) mass is 379 g/mol. The lowest BCUT2D eigenvalue weighted by Crippen LogP contribution is -2.29. The van der Waals surface area contributed by atoms with E-state index in [0.717, 1.165) is 4.90 Å². The summed E-state index contributed by atoms with van der Waals surface area (Å²) in [6.45, 7) is 0.0445. The number of sulfone groups is 1. The quantitative estimate of drug-likeness (QED) is 0.688. The first kappa shape index (κ1) is 19.5. The predicted molar refractivity (Wildman–Crippen MR) is 99.3 cm³/mol. The molecule has 2 aromatic rings. The molecule has 134 valence electrons. The molecule has 7 heteroatoms. The second kappa shape index (κ2) is 9.03. The van der Waals surface area contributed by atoms with Crippen LogP contribution in [0, 0.1) is 0 Å². The smallest absolute Gasteiger partial charge is 0.221 e. The summed E-state index contributed by atoms with van der Waals surface area (Å²) in [7, 11) is -3.48. The summed E-state index contributed by atoms with van der Waals surface area (Å²) < 4.78 is 24.3. The van der Waals surface area contributed by atoms with E-state index in [1.807, 2.05) is 30.5 Å². The number of hydrogen-bond acceptors (Lipinski definition) is 5. The molecule has 2 rings (SSSR count). The van der Waals surface area contributed by atoms with E-state index in [4.69, 9.17) is 0 Å². The molecule has 0 bridgehead atoms. The van der Waals surface area contributed by atoms with Crippen LogP contribution in [0.3, 0.4) is 0 Å². The summed E-state index contributed by atoms with van der Waals surface area (Å²) in [4.78, 5) is 13.2. The van der Waals surface area contributed by atoms with Crippen molar-refractivity contribution in [3.63, 3.8) is 0 Å². The maximum atomic E-state index is 12.1. The first-order valence-corrected chi connectivity index (χ1v) is 10.7. The molecule has 0 aliphatic carbocycles. The molecule has 1 amide bonds. The van der Waals surface area contributed by atoms with E-state index >= 15 is 0 Å². The molecule has 0 fully saturated rings. The zero-order valence-electron chi connectivity index (χ0n) is 13.9. The molecule has 5 nitrogen and oxygen atoms in total. The molecule has 0 heterocycles. The number of thioether (sulfide) groups is 1. The van der Waals surface area contributed by atoms with Crippen molar-refractivity contribution < 1.29 is 18.3 Å². The van der Waals surface area contributed by atoms with E-state index in [2.05, 4.69) is 5.32 Å². The van der Waals surface area contributed by atoms with E-state index in [1.54, 1.807) is 30.0 Å². The van der Waals surface area contributed by atoms with Crippen LogP contribution in [0.5, 0.6) is 0 Å². The van der Waals surface area contributed by atoms with E-state index in [-0.39, 0.29) is 23.6 Å². The van der Waals surface area contributed by atoms with Crippen LogP contribution in [0.15, 0.2) is 64.4 Å². The third kappa shape index (κ3) is 5.88. The van der Waals surface area contributed by atoms with Gasteiger partial charge >= 0.3 is 0 Å². The molecular formula is C18H21NO4S2. The van der Waals surface area contributed by atoms with E-state index in [1.165, 1.54) is 12.1 Å². The Morgan fingerprint density at radius 1 is 1.12 bits per heavy atom. The second-order valence-electron chi connectivity index (χ2n) is 5.47. The second-order valence-corrected chi connectivity index (χ2v) is 8.46. The molecule has 0 aliphatic heterocycles. The van der Waals surface area contributed by atoms with Crippen molar-refractivity contribution >= 4 is 27.5 Å². The zero-order valence-corrected chi connectivity index (χ0v) is 15.5. The average molecular weight is 380 g/mol. The van der Waals surface area contributed by atoms with Crippen molar-refractivity contribution in [2.45, 2.75) is 22.3 Å². The highest BCUT2D eigenvalue weighted by Gasteiger charge is 2.16. The molecule has 25 heavy (non-hydrogen) atoms. The van der Waals surface area contributed by atoms with Crippen molar-refractivity contribution in [2.75, 3.05) is 18.6 Å². The highest BCUT2D eigenvalue weighted by molar-refractivity contribution is 7.98. The highest BCUT2D eigenvalue weighted by atomic mass is 32.2. The summed E-state index contributed by atoms with van der Waals surface area (Å²) in [5.74, 6) is -0.666. The Kier molecular flexibility index (Phi) is 7.04. The summed E-state index contributed by atoms with van der Waals surface area (Å²) in [6, 6.07) is 15.5. The maximum Gasteiger partial charge on any atom is 0.221 e. The fourth-order valence-electron chi connectivity index (χ4n) is 2.22. The summed E-state index contributed by atoms with van der Waals surface area (Å²) in [5, 5.41) is 12.7. The van der Waals surface area contributed by atoms with Crippen molar-refractivity contribution in [1.82, 2.24) is 5.32 Å². The number of rotatable bonds is 8. The van der Waals surface area contributed by atoms with E-state index in [0.29, 0.717) is 5.56 Å². The van der Waals surface area contributed by atoms with Crippen LogP contribution in [-0.2, 0) is 14.6 Å². The van der Waals surface area contributed by atoms with Crippen LogP contribution in [0.4, 0.5) is 0 Å². The van der Waals surface area contributed by atoms with E-state index in [9.17, 15) is 18.3 Å². The molecular weight excluding hydrogens is 358 g/mol. The van der Waals surface area contributed by atoms with Gasteiger partial charge in [-0.2, -0.15) is 0 Å². The van der Waals surface area contributed by atoms with Gasteiger partial charge in [0.1, 0.15) is 0 Å². The van der Waals surface area contributed by atoms with Crippen LogP contribution in [0.1, 0.15) is 18.1 Å². The largest absolute Gasteiger partial charge is 0.387 e. The topological polar surface area (TPSA) is 83.5 Å². The molecule has 0 aliphatic rings. The van der Waals surface area contributed by atoms with Gasteiger partial charge in [-0.1, -0.05) is 30.3 Å². The fraction of sp³-hybridized carbons (Fsp3) is 0.278. The molecule has 0 spiro atoms. The normalized spacial score (nSPS) is 12.6. The van der Waals surface area contributed by atoms with Crippen molar-refractivity contribution in [2.24, 2.45) is 0 Å². The van der Waals surface area contributed by atoms with Gasteiger partial charge in [-0.15, -0.1) is 11.8 Å². The Hall–Kier alpha value is -1.83. The SMILES string of the molecule is CSc1ccc(C(O)CNC(=O)CCS(=O)(=O)c2ccccc2)cc1. The number of hydrogen-bond donors (Lipinski definition) is 2. The minimum atomic E-state index is -3.48. The summed E-state index contributed by atoms with van der Waals surface area (Å²) >= 11 is 1.61. The lowest BCUT2D eigenvalue weighted by molar-refractivity contribution is -0.121. The van der Waals surface area contributed by atoms with Crippen LogP contribution >= 0.6 is 11.8 Å². The third-order valence-corrected chi connectivity index (χ3v) is 6.17. The lowest BCUT2D eigenvalue weighted by atomic mass is 10.1. The van der Waals surface area contributed by atoms with Crippen molar-refractivity contribution in [3.05, 3.63) is 60.2 Å².